The average molecular weight is 291 g/mol. The van der Waals surface area contributed by atoms with Crippen molar-refractivity contribution in [2.75, 3.05) is 11.9 Å². The van der Waals surface area contributed by atoms with Crippen molar-refractivity contribution in [1.29, 1.82) is 0 Å². The number of halogens is 1. The predicted molar refractivity (Wildman–Crippen MR) is 80.9 cm³/mol. The van der Waals surface area contributed by atoms with Crippen LogP contribution in [0.5, 0.6) is 0 Å². The molecule has 0 amide bonds. The Hall–Kier alpha value is -2.24. The summed E-state index contributed by atoms with van der Waals surface area (Å²) in [5.41, 5.74) is 0.364. The van der Waals surface area contributed by atoms with Gasteiger partial charge in [0.2, 0.25) is 0 Å². The fourth-order valence-electron chi connectivity index (χ4n) is 2.08. The number of fused-ring (bicyclic) bond motifs is 1. The van der Waals surface area contributed by atoms with Gasteiger partial charge in [-0.1, -0.05) is 20.8 Å². The number of anilines is 1. The van der Waals surface area contributed by atoms with Crippen LogP contribution in [0.3, 0.4) is 0 Å². The molecule has 0 aliphatic carbocycles. The number of non-ortho nitro benzene ring substituents is 1. The van der Waals surface area contributed by atoms with Gasteiger partial charge in [0.1, 0.15) is 5.52 Å². The molecule has 0 saturated heterocycles. The highest BCUT2D eigenvalue weighted by Crippen LogP contribution is 2.32. The van der Waals surface area contributed by atoms with E-state index in [2.05, 4.69) is 31.1 Å². The summed E-state index contributed by atoms with van der Waals surface area (Å²) >= 11 is 0. The molecule has 6 heteroatoms. The van der Waals surface area contributed by atoms with Crippen LogP contribution in [0.1, 0.15) is 27.2 Å². The number of rotatable bonds is 4. The van der Waals surface area contributed by atoms with Gasteiger partial charge in [-0.25, -0.2) is 4.39 Å². The van der Waals surface area contributed by atoms with Gasteiger partial charge < -0.3 is 5.32 Å². The quantitative estimate of drug-likeness (QED) is 0.679. The Morgan fingerprint density at radius 2 is 2.14 bits per heavy atom. The Morgan fingerprint density at radius 3 is 2.76 bits per heavy atom. The molecular weight excluding hydrogens is 273 g/mol. The summed E-state index contributed by atoms with van der Waals surface area (Å²) in [6, 6.07) is 4.13. The van der Waals surface area contributed by atoms with Crippen LogP contribution < -0.4 is 5.32 Å². The fourth-order valence-corrected chi connectivity index (χ4v) is 2.08. The minimum absolute atomic E-state index is 0.119. The first kappa shape index (κ1) is 15.2. The molecule has 5 nitrogen and oxygen atoms in total. The first-order valence-electron chi connectivity index (χ1n) is 6.75. The van der Waals surface area contributed by atoms with Crippen molar-refractivity contribution in [3.8, 4) is 0 Å². The van der Waals surface area contributed by atoms with Crippen LogP contribution in [0.15, 0.2) is 24.4 Å². The summed E-state index contributed by atoms with van der Waals surface area (Å²) in [4.78, 5) is 14.5. The van der Waals surface area contributed by atoms with Gasteiger partial charge in [0, 0.05) is 12.7 Å². The van der Waals surface area contributed by atoms with Gasteiger partial charge in [-0.15, -0.1) is 0 Å². The number of nitrogens with zero attached hydrogens (tertiary/aromatic N) is 2. The molecule has 2 aromatic rings. The highest BCUT2D eigenvalue weighted by Gasteiger charge is 2.20. The van der Waals surface area contributed by atoms with E-state index >= 15 is 0 Å². The number of nitro groups is 1. The van der Waals surface area contributed by atoms with Crippen LogP contribution in [0.25, 0.3) is 10.9 Å². The molecule has 1 heterocycles. The maximum Gasteiger partial charge on any atom is 0.281 e. The minimum Gasteiger partial charge on any atom is -0.381 e. The number of benzene rings is 1. The fraction of sp³-hybridized carbons (Fsp3) is 0.400. The Morgan fingerprint density at radius 1 is 1.43 bits per heavy atom. The first-order chi connectivity index (χ1) is 9.79. The SMILES string of the molecule is CC(C)(C)CCNc1c(F)cc([N+](=O)[O-])c2cccnc12. The van der Waals surface area contributed by atoms with Crippen molar-refractivity contribution in [2.45, 2.75) is 27.2 Å². The van der Waals surface area contributed by atoms with Crippen molar-refractivity contribution in [1.82, 2.24) is 4.98 Å². The topological polar surface area (TPSA) is 68.1 Å². The summed E-state index contributed by atoms with van der Waals surface area (Å²) in [5.74, 6) is -0.651. The molecule has 0 radical (unpaired) electrons. The van der Waals surface area contributed by atoms with E-state index in [1.807, 2.05) is 0 Å². The van der Waals surface area contributed by atoms with Crippen LogP contribution in [0.2, 0.25) is 0 Å². The number of nitrogens with one attached hydrogen (secondary N) is 1. The Labute approximate surface area is 122 Å². The van der Waals surface area contributed by atoms with Gasteiger partial charge in [0.15, 0.2) is 5.82 Å². The van der Waals surface area contributed by atoms with E-state index < -0.39 is 10.7 Å². The van der Waals surface area contributed by atoms with E-state index in [4.69, 9.17) is 0 Å². The molecule has 0 bridgehead atoms. The molecule has 0 unspecified atom stereocenters. The lowest BCUT2D eigenvalue weighted by Gasteiger charge is -2.19. The van der Waals surface area contributed by atoms with Crippen LogP contribution in [0.4, 0.5) is 15.8 Å². The molecule has 1 aromatic carbocycles. The maximum atomic E-state index is 14.2. The monoisotopic (exact) mass is 291 g/mol. The third kappa shape index (κ3) is 3.45. The summed E-state index contributed by atoms with van der Waals surface area (Å²) in [6.07, 6.45) is 2.35. The predicted octanol–water partition coefficient (Wildman–Crippen LogP) is 4.13. The van der Waals surface area contributed by atoms with Gasteiger partial charge in [0.25, 0.3) is 5.69 Å². The second-order valence-corrected chi connectivity index (χ2v) is 6.15. The zero-order chi connectivity index (χ0) is 15.6. The molecule has 0 atom stereocenters. The molecule has 1 aromatic heterocycles. The largest absolute Gasteiger partial charge is 0.381 e. The molecular formula is C15H18FN3O2. The van der Waals surface area contributed by atoms with Gasteiger partial charge in [-0.2, -0.15) is 0 Å². The van der Waals surface area contributed by atoms with Gasteiger partial charge in [-0.3, -0.25) is 15.1 Å². The van der Waals surface area contributed by atoms with E-state index in [-0.39, 0.29) is 22.3 Å². The number of hydrogen-bond donors (Lipinski definition) is 1. The van der Waals surface area contributed by atoms with E-state index in [0.29, 0.717) is 11.9 Å². The maximum absolute atomic E-state index is 14.2. The van der Waals surface area contributed by atoms with Crippen LogP contribution in [-0.2, 0) is 0 Å². The zero-order valence-corrected chi connectivity index (χ0v) is 12.3. The number of nitro benzene ring substituents is 1. The highest BCUT2D eigenvalue weighted by molar-refractivity contribution is 5.97. The van der Waals surface area contributed by atoms with Gasteiger partial charge >= 0.3 is 0 Å². The smallest absolute Gasteiger partial charge is 0.281 e. The van der Waals surface area contributed by atoms with Gasteiger partial charge in [0.05, 0.1) is 22.1 Å². The third-order valence-corrected chi connectivity index (χ3v) is 3.20. The number of hydrogen-bond acceptors (Lipinski definition) is 4. The van der Waals surface area contributed by atoms with E-state index in [9.17, 15) is 14.5 Å². The van der Waals surface area contributed by atoms with Crippen LogP contribution in [0, 0.1) is 21.3 Å². The molecule has 2 rings (SSSR count). The summed E-state index contributed by atoms with van der Waals surface area (Å²) < 4.78 is 14.2. The highest BCUT2D eigenvalue weighted by atomic mass is 19.1. The van der Waals surface area contributed by atoms with Crippen molar-refractivity contribution in [2.24, 2.45) is 5.41 Å². The van der Waals surface area contributed by atoms with Crippen molar-refractivity contribution >= 4 is 22.3 Å². The second kappa shape index (κ2) is 5.63. The zero-order valence-electron chi connectivity index (χ0n) is 12.3. The lowest BCUT2D eigenvalue weighted by Crippen LogP contribution is -2.14. The van der Waals surface area contributed by atoms with Crippen molar-refractivity contribution in [3.63, 3.8) is 0 Å². The Kier molecular flexibility index (Phi) is 4.06. The second-order valence-electron chi connectivity index (χ2n) is 6.15. The van der Waals surface area contributed by atoms with Crippen LogP contribution in [-0.4, -0.2) is 16.5 Å². The molecule has 0 fully saturated rings. The minimum atomic E-state index is -0.651. The van der Waals surface area contributed by atoms with E-state index in [1.54, 1.807) is 12.1 Å². The molecule has 1 N–H and O–H groups in total. The molecule has 0 aliphatic rings. The summed E-state index contributed by atoms with van der Waals surface area (Å²) in [7, 11) is 0. The molecule has 0 aliphatic heterocycles. The van der Waals surface area contributed by atoms with Crippen LogP contribution >= 0.6 is 0 Å². The first-order valence-corrected chi connectivity index (χ1v) is 6.75. The summed E-state index contributed by atoms with van der Waals surface area (Å²) in [5, 5.41) is 14.4. The van der Waals surface area contributed by atoms with E-state index in [0.717, 1.165) is 12.5 Å². The average Bonchev–Trinajstić information content (AvgIpc) is 2.39. The third-order valence-electron chi connectivity index (χ3n) is 3.20. The molecule has 0 saturated carbocycles. The lowest BCUT2D eigenvalue weighted by molar-refractivity contribution is -0.383. The standard InChI is InChI=1S/C15H18FN3O2/c1-15(2,3)6-8-18-14-11(16)9-12(19(20)21)10-5-4-7-17-13(10)14/h4-5,7,9,18H,6,8H2,1-3H3. The number of pyridine rings is 1. The molecule has 0 spiro atoms. The molecule has 112 valence electrons. The van der Waals surface area contributed by atoms with Crippen molar-refractivity contribution < 1.29 is 9.31 Å². The summed E-state index contributed by atoms with van der Waals surface area (Å²) in [6.45, 7) is 6.86. The van der Waals surface area contributed by atoms with Crippen molar-refractivity contribution in [3.05, 3.63) is 40.3 Å². The Bertz CT molecular complexity index is 680. The lowest BCUT2D eigenvalue weighted by atomic mass is 9.92. The number of aromatic nitrogens is 1. The van der Waals surface area contributed by atoms with Gasteiger partial charge in [-0.05, 0) is 24.0 Å². The normalized spacial score (nSPS) is 11.6. The van der Waals surface area contributed by atoms with E-state index in [1.165, 1.54) is 6.20 Å². The Balaban J connectivity index is 2.42. The molecule has 21 heavy (non-hydrogen) atoms.